The smallest absolute Gasteiger partial charge is 0.413 e. The van der Waals surface area contributed by atoms with E-state index in [0.29, 0.717) is 18.9 Å². The van der Waals surface area contributed by atoms with E-state index < -0.39 is 6.09 Å². The number of ether oxygens (including phenoxy) is 1. The Morgan fingerprint density at radius 1 is 1.32 bits per heavy atom. The molecule has 1 aliphatic carbocycles. The number of hydrogen-bond acceptors (Lipinski definition) is 3. The van der Waals surface area contributed by atoms with E-state index in [2.05, 4.69) is 17.5 Å². The first-order valence-electron chi connectivity index (χ1n) is 7.57. The normalized spacial score (nSPS) is 16.4. The number of nitrogens with zero attached hydrogens (tertiary/aromatic N) is 1. The average Bonchev–Trinajstić information content (AvgIpc) is 3.00. The zero-order chi connectivity index (χ0) is 15.9. The molecule has 0 aromatic heterocycles. The van der Waals surface area contributed by atoms with Crippen molar-refractivity contribution >= 4 is 23.4 Å². The van der Waals surface area contributed by atoms with E-state index in [1.165, 1.54) is 4.90 Å². The highest BCUT2D eigenvalue weighted by Gasteiger charge is 2.15. The standard InChI is InChI=1S/C17H22N2O3/c1-3-22-17(21)19(2)15-10-8-14(9-11-15)18-16(20)12-13-6-4-5-7-13/h4,6,8-11,13H,3,5,7,12H2,1-2H3,(H,18,20)/t13-/m1/s1. The highest BCUT2D eigenvalue weighted by Crippen LogP contribution is 2.22. The highest BCUT2D eigenvalue weighted by atomic mass is 16.6. The summed E-state index contributed by atoms with van der Waals surface area (Å²) >= 11 is 0. The van der Waals surface area contributed by atoms with Crippen LogP contribution in [-0.2, 0) is 9.53 Å². The van der Waals surface area contributed by atoms with Gasteiger partial charge in [0.15, 0.2) is 0 Å². The number of amides is 2. The lowest BCUT2D eigenvalue weighted by Gasteiger charge is -2.17. The van der Waals surface area contributed by atoms with Crippen LogP contribution in [-0.4, -0.2) is 25.7 Å². The molecule has 0 heterocycles. The lowest BCUT2D eigenvalue weighted by Crippen LogP contribution is -2.26. The van der Waals surface area contributed by atoms with Gasteiger partial charge in [0, 0.05) is 24.8 Å². The van der Waals surface area contributed by atoms with Crippen molar-refractivity contribution in [1.82, 2.24) is 0 Å². The molecule has 0 fully saturated rings. The van der Waals surface area contributed by atoms with Gasteiger partial charge >= 0.3 is 6.09 Å². The van der Waals surface area contributed by atoms with Gasteiger partial charge in [-0.15, -0.1) is 0 Å². The summed E-state index contributed by atoms with van der Waals surface area (Å²) < 4.78 is 4.94. The van der Waals surface area contributed by atoms with Gasteiger partial charge < -0.3 is 10.1 Å². The second-order valence-corrected chi connectivity index (χ2v) is 5.32. The molecular formula is C17H22N2O3. The van der Waals surface area contributed by atoms with Gasteiger partial charge in [0.1, 0.15) is 0 Å². The van der Waals surface area contributed by atoms with Crippen LogP contribution in [0.5, 0.6) is 0 Å². The third kappa shape index (κ3) is 4.35. The van der Waals surface area contributed by atoms with Crippen LogP contribution in [0.15, 0.2) is 36.4 Å². The second-order valence-electron chi connectivity index (χ2n) is 5.32. The van der Waals surface area contributed by atoms with E-state index >= 15 is 0 Å². The largest absolute Gasteiger partial charge is 0.449 e. The van der Waals surface area contributed by atoms with Crippen molar-refractivity contribution < 1.29 is 14.3 Å². The lowest BCUT2D eigenvalue weighted by atomic mass is 10.1. The lowest BCUT2D eigenvalue weighted by molar-refractivity contribution is -0.116. The number of nitrogens with one attached hydrogen (secondary N) is 1. The van der Waals surface area contributed by atoms with Crippen LogP contribution in [0.1, 0.15) is 26.2 Å². The molecule has 22 heavy (non-hydrogen) atoms. The molecule has 1 aromatic carbocycles. The van der Waals surface area contributed by atoms with E-state index in [1.807, 2.05) is 0 Å². The molecule has 1 aromatic rings. The summed E-state index contributed by atoms with van der Waals surface area (Å²) in [6.45, 7) is 2.11. The molecule has 1 aliphatic rings. The van der Waals surface area contributed by atoms with Crippen molar-refractivity contribution in [2.24, 2.45) is 5.92 Å². The van der Waals surface area contributed by atoms with Crippen LogP contribution in [0.3, 0.4) is 0 Å². The number of rotatable bonds is 5. The Hall–Kier alpha value is -2.30. The van der Waals surface area contributed by atoms with Crippen molar-refractivity contribution in [1.29, 1.82) is 0 Å². The summed E-state index contributed by atoms with van der Waals surface area (Å²) in [4.78, 5) is 25.0. The van der Waals surface area contributed by atoms with Crippen molar-refractivity contribution in [3.05, 3.63) is 36.4 Å². The van der Waals surface area contributed by atoms with Crippen LogP contribution in [0.2, 0.25) is 0 Å². The van der Waals surface area contributed by atoms with Crippen molar-refractivity contribution in [2.45, 2.75) is 26.2 Å². The van der Waals surface area contributed by atoms with Gasteiger partial charge in [0.05, 0.1) is 6.61 Å². The molecule has 5 heteroatoms. The molecule has 2 rings (SSSR count). The van der Waals surface area contributed by atoms with E-state index in [-0.39, 0.29) is 5.91 Å². The van der Waals surface area contributed by atoms with Crippen LogP contribution in [0, 0.1) is 5.92 Å². The zero-order valence-electron chi connectivity index (χ0n) is 13.0. The molecule has 5 nitrogen and oxygen atoms in total. The Morgan fingerprint density at radius 3 is 2.64 bits per heavy atom. The summed E-state index contributed by atoms with van der Waals surface area (Å²) in [5, 5.41) is 2.88. The van der Waals surface area contributed by atoms with Gasteiger partial charge in [-0.2, -0.15) is 0 Å². The molecule has 0 saturated carbocycles. The monoisotopic (exact) mass is 302 g/mol. The number of hydrogen-bond donors (Lipinski definition) is 1. The van der Waals surface area contributed by atoms with Crippen LogP contribution < -0.4 is 10.2 Å². The van der Waals surface area contributed by atoms with Gasteiger partial charge in [0.25, 0.3) is 0 Å². The predicted octanol–water partition coefficient (Wildman–Crippen LogP) is 3.57. The number of carbonyl (C=O) groups is 2. The van der Waals surface area contributed by atoms with Crippen molar-refractivity contribution in [3.8, 4) is 0 Å². The number of carbonyl (C=O) groups excluding carboxylic acids is 2. The molecule has 2 amide bonds. The molecule has 0 unspecified atom stereocenters. The van der Waals surface area contributed by atoms with E-state index in [0.717, 1.165) is 24.2 Å². The summed E-state index contributed by atoms with van der Waals surface area (Å²) in [5.74, 6) is 0.372. The molecule has 118 valence electrons. The van der Waals surface area contributed by atoms with E-state index in [4.69, 9.17) is 4.74 Å². The fourth-order valence-corrected chi connectivity index (χ4v) is 2.41. The highest BCUT2D eigenvalue weighted by molar-refractivity contribution is 5.92. The third-order valence-corrected chi connectivity index (χ3v) is 3.64. The second kappa shape index (κ2) is 7.64. The fraction of sp³-hybridized carbons (Fsp3) is 0.412. The van der Waals surface area contributed by atoms with E-state index in [9.17, 15) is 9.59 Å². The number of allylic oxidation sites excluding steroid dienone is 2. The minimum absolute atomic E-state index is 0.0167. The molecule has 0 bridgehead atoms. The molecule has 0 aliphatic heterocycles. The maximum absolute atomic E-state index is 12.0. The van der Waals surface area contributed by atoms with Crippen LogP contribution in [0.25, 0.3) is 0 Å². The maximum Gasteiger partial charge on any atom is 0.413 e. The van der Waals surface area contributed by atoms with Gasteiger partial charge in [-0.05, 0) is 49.9 Å². The predicted molar refractivity (Wildman–Crippen MR) is 87.0 cm³/mol. The van der Waals surface area contributed by atoms with Crippen LogP contribution in [0.4, 0.5) is 16.2 Å². The van der Waals surface area contributed by atoms with E-state index in [1.54, 1.807) is 38.2 Å². The Balaban J connectivity index is 1.89. The topological polar surface area (TPSA) is 58.6 Å². The minimum atomic E-state index is -0.396. The zero-order valence-corrected chi connectivity index (χ0v) is 13.0. The third-order valence-electron chi connectivity index (χ3n) is 3.64. The van der Waals surface area contributed by atoms with Crippen LogP contribution >= 0.6 is 0 Å². The first-order chi connectivity index (χ1) is 10.6. The Kier molecular flexibility index (Phi) is 5.58. The fourth-order valence-electron chi connectivity index (χ4n) is 2.41. The number of benzene rings is 1. The quantitative estimate of drug-likeness (QED) is 0.846. The summed E-state index contributed by atoms with van der Waals surface area (Å²) in [6.07, 6.45) is 6.46. The first-order valence-corrected chi connectivity index (χ1v) is 7.57. The summed E-state index contributed by atoms with van der Waals surface area (Å²) in [5.41, 5.74) is 1.45. The summed E-state index contributed by atoms with van der Waals surface area (Å²) in [7, 11) is 1.65. The Labute approximate surface area is 130 Å². The van der Waals surface area contributed by atoms with Crippen molar-refractivity contribution in [3.63, 3.8) is 0 Å². The Morgan fingerprint density at radius 2 is 2.05 bits per heavy atom. The summed E-state index contributed by atoms with van der Waals surface area (Å²) in [6, 6.07) is 7.13. The molecular weight excluding hydrogens is 280 g/mol. The van der Waals surface area contributed by atoms with Gasteiger partial charge in [-0.3, -0.25) is 9.69 Å². The van der Waals surface area contributed by atoms with Gasteiger partial charge in [0.2, 0.25) is 5.91 Å². The minimum Gasteiger partial charge on any atom is -0.449 e. The van der Waals surface area contributed by atoms with Crippen molar-refractivity contribution in [2.75, 3.05) is 23.9 Å². The van der Waals surface area contributed by atoms with Gasteiger partial charge in [-0.25, -0.2) is 4.79 Å². The maximum atomic E-state index is 12.0. The molecule has 1 atom stereocenters. The molecule has 0 saturated heterocycles. The SMILES string of the molecule is CCOC(=O)N(C)c1ccc(NC(=O)C[C@@H]2C=CCC2)cc1. The molecule has 1 N–H and O–H groups in total. The molecule has 0 spiro atoms. The Bertz CT molecular complexity index is 552. The average molecular weight is 302 g/mol. The number of anilines is 2. The van der Waals surface area contributed by atoms with Gasteiger partial charge in [-0.1, -0.05) is 12.2 Å². The molecule has 0 radical (unpaired) electrons. The first kappa shape index (κ1) is 16.1.